The summed E-state index contributed by atoms with van der Waals surface area (Å²) in [6.45, 7) is 4.31. The fourth-order valence-corrected chi connectivity index (χ4v) is 2.78. The molecule has 0 bridgehead atoms. The minimum atomic E-state index is 0.280. The van der Waals surface area contributed by atoms with Crippen LogP contribution in [0.1, 0.15) is 25.8 Å². The summed E-state index contributed by atoms with van der Waals surface area (Å²) >= 11 is 5.39. The Labute approximate surface area is 105 Å². The molecule has 0 radical (unpaired) electrons. The van der Waals surface area contributed by atoms with Crippen molar-refractivity contribution in [2.45, 2.75) is 37.6 Å². The van der Waals surface area contributed by atoms with E-state index in [1.54, 1.807) is 0 Å². The predicted molar refractivity (Wildman–Crippen MR) is 72.5 cm³/mol. The van der Waals surface area contributed by atoms with E-state index >= 15 is 0 Å². The number of halogens is 1. The van der Waals surface area contributed by atoms with Gasteiger partial charge in [0.2, 0.25) is 0 Å². The van der Waals surface area contributed by atoms with Crippen LogP contribution >= 0.6 is 27.7 Å². The zero-order chi connectivity index (χ0) is 11.3. The molecule has 3 heteroatoms. The molecule has 1 aromatic rings. The minimum Gasteiger partial charge on any atom is -0.327 e. The summed E-state index contributed by atoms with van der Waals surface area (Å²) < 4.78 is 1.15. The molecule has 0 saturated carbocycles. The lowest BCUT2D eigenvalue weighted by Crippen LogP contribution is -2.21. The molecular formula is C12H18BrNS. The summed E-state index contributed by atoms with van der Waals surface area (Å²) in [6.07, 6.45) is 2.01. The average Bonchev–Trinajstić information content (AvgIpc) is 2.22. The van der Waals surface area contributed by atoms with Crippen LogP contribution in [0.2, 0.25) is 0 Å². The van der Waals surface area contributed by atoms with Crippen LogP contribution in [-0.4, -0.2) is 11.8 Å². The standard InChI is InChI=1S/C12H18BrNS/c1-3-11(14)7-9-5-6-10(13)8-12(9)15-4-2/h5-6,8,11H,3-4,7,14H2,1-2H3. The summed E-state index contributed by atoms with van der Waals surface area (Å²) in [5.41, 5.74) is 7.36. The first-order valence-corrected chi connectivity index (χ1v) is 7.12. The van der Waals surface area contributed by atoms with Crippen molar-refractivity contribution in [2.75, 3.05) is 5.75 Å². The highest BCUT2D eigenvalue weighted by Crippen LogP contribution is 2.27. The molecule has 2 N–H and O–H groups in total. The van der Waals surface area contributed by atoms with Crippen LogP contribution in [0.15, 0.2) is 27.6 Å². The molecule has 84 valence electrons. The van der Waals surface area contributed by atoms with Crippen LogP contribution in [0.3, 0.4) is 0 Å². The van der Waals surface area contributed by atoms with Crippen molar-refractivity contribution in [1.29, 1.82) is 0 Å². The summed E-state index contributed by atoms with van der Waals surface area (Å²) in [6, 6.07) is 6.74. The second kappa shape index (κ2) is 6.56. The van der Waals surface area contributed by atoms with E-state index in [0.29, 0.717) is 0 Å². The number of hydrogen-bond donors (Lipinski definition) is 1. The molecular weight excluding hydrogens is 270 g/mol. The van der Waals surface area contributed by atoms with Gasteiger partial charge < -0.3 is 5.73 Å². The molecule has 1 atom stereocenters. The lowest BCUT2D eigenvalue weighted by Gasteiger charge is -2.13. The Bertz CT molecular complexity index is 314. The molecule has 0 saturated heterocycles. The fourth-order valence-electron chi connectivity index (χ4n) is 1.41. The molecule has 0 heterocycles. The molecule has 1 nitrogen and oxygen atoms in total. The van der Waals surface area contributed by atoms with E-state index in [9.17, 15) is 0 Å². The molecule has 1 unspecified atom stereocenters. The number of thioether (sulfide) groups is 1. The molecule has 15 heavy (non-hydrogen) atoms. The molecule has 0 aromatic heterocycles. The van der Waals surface area contributed by atoms with Crippen molar-refractivity contribution >= 4 is 27.7 Å². The normalized spacial score (nSPS) is 12.8. The second-order valence-electron chi connectivity index (χ2n) is 3.56. The third-order valence-corrected chi connectivity index (χ3v) is 3.81. The first-order valence-electron chi connectivity index (χ1n) is 5.34. The molecule has 0 spiro atoms. The van der Waals surface area contributed by atoms with E-state index in [1.807, 2.05) is 11.8 Å². The van der Waals surface area contributed by atoms with Gasteiger partial charge in [0.1, 0.15) is 0 Å². The topological polar surface area (TPSA) is 26.0 Å². The zero-order valence-corrected chi connectivity index (χ0v) is 11.7. The van der Waals surface area contributed by atoms with E-state index in [4.69, 9.17) is 5.73 Å². The number of hydrogen-bond acceptors (Lipinski definition) is 2. The SMILES string of the molecule is CCSc1cc(Br)ccc1CC(N)CC. The van der Waals surface area contributed by atoms with Crippen LogP contribution in [0.25, 0.3) is 0 Å². The highest BCUT2D eigenvalue weighted by Gasteiger charge is 2.07. The van der Waals surface area contributed by atoms with Gasteiger partial charge in [-0.3, -0.25) is 0 Å². The smallest absolute Gasteiger partial charge is 0.0186 e. The van der Waals surface area contributed by atoms with Gasteiger partial charge in [-0.25, -0.2) is 0 Å². The highest BCUT2D eigenvalue weighted by atomic mass is 79.9. The van der Waals surface area contributed by atoms with Crippen molar-refractivity contribution in [3.8, 4) is 0 Å². The van der Waals surface area contributed by atoms with E-state index in [1.165, 1.54) is 10.5 Å². The maximum Gasteiger partial charge on any atom is 0.0186 e. The third-order valence-electron chi connectivity index (χ3n) is 2.34. The number of rotatable bonds is 5. The number of benzene rings is 1. The van der Waals surface area contributed by atoms with E-state index < -0.39 is 0 Å². The molecule has 1 rings (SSSR count). The van der Waals surface area contributed by atoms with Crippen LogP contribution in [0, 0.1) is 0 Å². The van der Waals surface area contributed by atoms with Crippen LogP contribution in [0.5, 0.6) is 0 Å². The Morgan fingerprint density at radius 2 is 2.13 bits per heavy atom. The van der Waals surface area contributed by atoms with Gasteiger partial charge in [-0.1, -0.05) is 35.8 Å². The van der Waals surface area contributed by atoms with Gasteiger partial charge in [0.15, 0.2) is 0 Å². The largest absolute Gasteiger partial charge is 0.327 e. The highest BCUT2D eigenvalue weighted by molar-refractivity contribution is 9.10. The van der Waals surface area contributed by atoms with Gasteiger partial charge in [-0.2, -0.15) is 0 Å². The van der Waals surface area contributed by atoms with Gasteiger partial charge in [0.05, 0.1) is 0 Å². The second-order valence-corrected chi connectivity index (χ2v) is 5.78. The van der Waals surface area contributed by atoms with Gasteiger partial charge in [0.25, 0.3) is 0 Å². The quantitative estimate of drug-likeness (QED) is 0.833. The number of nitrogens with two attached hydrogens (primary N) is 1. The third kappa shape index (κ3) is 4.17. The van der Waals surface area contributed by atoms with Crippen molar-refractivity contribution in [2.24, 2.45) is 5.73 Å². The van der Waals surface area contributed by atoms with Gasteiger partial charge in [-0.15, -0.1) is 11.8 Å². The Balaban J connectivity index is 2.85. The van der Waals surface area contributed by atoms with Gasteiger partial charge >= 0.3 is 0 Å². The van der Waals surface area contributed by atoms with Crippen molar-refractivity contribution in [3.05, 3.63) is 28.2 Å². The molecule has 0 aliphatic rings. The first kappa shape index (κ1) is 13.1. The molecule has 1 aromatic carbocycles. The Morgan fingerprint density at radius 1 is 1.40 bits per heavy atom. The van der Waals surface area contributed by atoms with Crippen molar-refractivity contribution in [1.82, 2.24) is 0 Å². The first-order chi connectivity index (χ1) is 7.17. The van der Waals surface area contributed by atoms with Gasteiger partial charge in [-0.05, 0) is 36.3 Å². The molecule has 0 fully saturated rings. The lowest BCUT2D eigenvalue weighted by atomic mass is 10.1. The van der Waals surface area contributed by atoms with Crippen molar-refractivity contribution in [3.63, 3.8) is 0 Å². The summed E-state index contributed by atoms with van der Waals surface area (Å²) in [7, 11) is 0. The van der Waals surface area contributed by atoms with E-state index in [-0.39, 0.29) is 6.04 Å². The van der Waals surface area contributed by atoms with Crippen LogP contribution in [0.4, 0.5) is 0 Å². The van der Waals surface area contributed by atoms with E-state index in [2.05, 4.69) is 48.0 Å². The monoisotopic (exact) mass is 287 g/mol. The predicted octanol–water partition coefficient (Wildman–Crippen LogP) is 3.84. The minimum absolute atomic E-state index is 0.280. The Kier molecular flexibility index (Phi) is 5.72. The summed E-state index contributed by atoms with van der Waals surface area (Å²) in [4.78, 5) is 1.36. The summed E-state index contributed by atoms with van der Waals surface area (Å²) in [5, 5.41) is 0. The Hall–Kier alpha value is 0.01000. The average molecular weight is 288 g/mol. The van der Waals surface area contributed by atoms with Crippen molar-refractivity contribution < 1.29 is 0 Å². The fraction of sp³-hybridized carbons (Fsp3) is 0.500. The zero-order valence-electron chi connectivity index (χ0n) is 9.29. The van der Waals surface area contributed by atoms with Crippen LogP contribution < -0.4 is 5.73 Å². The molecule has 0 amide bonds. The van der Waals surface area contributed by atoms with E-state index in [0.717, 1.165) is 23.1 Å². The molecule has 0 aliphatic heterocycles. The lowest BCUT2D eigenvalue weighted by molar-refractivity contribution is 0.641. The summed E-state index contributed by atoms with van der Waals surface area (Å²) in [5.74, 6) is 1.10. The maximum atomic E-state index is 5.99. The van der Waals surface area contributed by atoms with Crippen LogP contribution in [-0.2, 0) is 6.42 Å². The molecule has 0 aliphatic carbocycles. The van der Waals surface area contributed by atoms with Gasteiger partial charge in [0, 0.05) is 15.4 Å². The maximum absolute atomic E-state index is 5.99. The Morgan fingerprint density at radius 3 is 2.73 bits per heavy atom.